The minimum atomic E-state index is -0.867. The van der Waals surface area contributed by atoms with Gasteiger partial charge in [-0.2, -0.15) is 0 Å². The average Bonchev–Trinajstić information content (AvgIpc) is 2.48. The Labute approximate surface area is 129 Å². The van der Waals surface area contributed by atoms with Crippen LogP contribution in [0.4, 0.5) is 0 Å². The van der Waals surface area contributed by atoms with Crippen LogP contribution in [0, 0.1) is 5.92 Å². The summed E-state index contributed by atoms with van der Waals surface area (Å²) >= 11 is 6.18. The van der Waals surface area contributed by atoms with Crippen molar-refractivity contribution in [3.05, 3.63) is 34.9 Å². The molecule has 0 amide bonds. The first-order chi connectivity index (χ1) is 9.65. The molecule has 0 aliphatic heterocycles. The molecule has 0 aromatic heterocycles. The maximum atomic E-state index is 12.8. The number of nitrogens with one attached hydrogen (secondary N) is 1. The van der Waals surface area contributed by atoms with E-state index in [1.807, 2.05) is 31.3 Å². The molecule has 0 saturated heterocycles. The molecule has 1 aromatic rings. The molecule has 4 atom stereocenters. The summed E-state index contributed by atoms with van der Waals surface area (Å²) in [6.07, 6.45) is 4.64. The number of halogens is 1. The van der Waals surface area contributed by atoms with Gasteiger partial charge in [0.15, 0.2) is 0 Å². The summed E-state index contributed by atoms with van der Waals surface area (Å²) in [6.45, 7) is 2.23. The van der Waals surface area contributed by atoms with Crippen LogP contribution in [0.5, 0.6) is 0 Å². The van der Waals surface area contributed by atoms with Gasteiger partial charge in [-0.15, -0.1) is 0 Å². The van der Waals surface area contributed by atoms with Gasteiger partial charge < -0.3 is 5.32 Å². The molecule has 1 N–H and O–H groups in total. The van der Waals surface area contributed by atoms with Crippen LogP contribution in [-0.4, -0.2) is 22.5 Å². The second-order valence-corrected chi connectivity index (χ2v) is 7.70. The van der Waals surface area contributed by atoms with Gasteiger partial charge in [-0.3, -0.25) is 4.21 Å². The monoisotopic (exact) mass is 313 g/mol. The van der Waals surface area contributed by atoms with Crippen LogP contribution < -0.4 is 5.32 Å². The van der Waals surface area contributed by atoms with Crippen molar-refractivity contribution in [3.8, 4) is 0 Å². The van der Waals surface area contributed by atoms with Crippen LogP contribution in [0.3, 0.4) is 0 Å². The van der Waals surface area contributed by atoms with Gasteiger partial charge in [0.05, 0.1) is 11.0 Å². The molecule has 4 heteroatoms. The van der Waals surface area contributed by atoms with Crippen molar-refractivity contribution >= 4 is 22.4 Å². The average molecular weight is 314 g/mol. The summed E-state index contributed by atoms with van der Waals surface area (Å²) in [5, 5.41) is 4.33. The van der Waals surface area contributed by atoms with Gasteiger partial charge in [0.25, 0.3) is 0 Å². The first-order valence-corrected chi connectivity index (χ1v) is 9.19. The van der Waals surface area contributed by atoms with Crippen LogP contribution in [0.1, 0.15) is 38.2 Å². The number of rotatable bonds is 5. The molecule has 0 heterocycles. The fourth-order valence-corrected chi connectivity index (χ4v) is 5.26. The number of hydrogen-bond acceptors (Lipinski definition) is 2. The Morgan fingerprint density at radius 1 is 1.35 bits per heavy atom. The Balaban J connectivity index is 2.07. The lowest BCUT2D eigenvalue weighted by molar-refractivity contribution is 0.301. The zero-order valence-corrected chi connectivity index (χ0v) is 13.8. The van der Waals surface area contributed by atoms with E-state index in [2.05, 4.69) is 12.2 Å². The predicted octanol–water partition coefficient (Wildman–Crippen LogP) is 3.76. The van der Waals surface area contributed by atoms with E-state index in [9.17, 15) is 4.21 Å². The van der Waals surface area contributed by atoms with Gasteiger partial charge >= 0.3 is 0 Å². The molecule has 0 bridgehead atoms. The van der Waals surface area contributed by atoms with Crippen molar-refractivity contribution < 1.29 is 4.21 Å². The summed E-state index contributed by atoms with van der Waals surface area (Å²) in [4.78, 5) is 0. The van der Waals surface area contributed by atoms with E-state index in [1.165, 1.54) is 12.8 Å². The summed E-state index contributed by atoms with van der Waals surface area (Å²) in [5.74, 6) is 1.29. The molecule has 0 radical (unpaired) electrons. The highest BCUT2D eigenvalue weighted by atomic mass is 35.5. The fourth-order valence-electron chi connectivity index (χ4n) is 3.08. The zero-order valence-electron chi connectivity index (χ0n) is 12.3. The lowest BCUT2D eigenvalue weighted by Gasteiger charge is -2.35. The van der Waals surface area contributed by atoms with Crippen LogP contribution in [0.25, 0.3) is 0 Å². The molecule has 1 fully saturated rings. The Hall–Kier alpha value is -0.380. The van der Waals surface area contributed by atoms with Gasteiger partial charge in [0, 0.05) is 21.9 Å². The largest absolute Gasteiger partial charge is 0.316 e. The SMILES string of the molecule is CCC1CCC(NC)C(S(=O)Cc2ccccc2Cl)C1. The maximum absolute atomic E-state index is 12.8. The molecular weight excluding hydrogens is 290 g/mol. The van der Waals surface area contributed by atoms with Crippen LogP contribution in [-0.2, 0) is 16.6 Å². The summed E-state index contributed by atoms with van der Waals surface area (Å²) < 4.78 is 12.8. The fraction of sp³-hybridized carbons (Fsp3) is 0.625. The van der Waals surface area contributed by atoms with E-state index >= 15 is 0 Å². The standard InChI is InChI=1S/C16H24ClNOS/c1-3-12-8-9-15(18-2)16(10-12)20(19)11-13-6-4-5-7-14(13)17/h4-7,12,15-16,18H,3,8-11H2,1-2H3. The molecule has 1 aromatic carbocycles. The van der Waals surface area contributed by atoms with E-state index in [4.69, 9.17) is 11.6 Å². The third-order valence-electron chi connectivity index (χ3n) is 4.44. The molecule has 2 nitrogen and oxygen atoms in total. The molecule has 1 saturated carbocycles. The molecule has 112 valence electrons. The molecule has 1 aliphatic carbocycles. The van der Waals surface area contributed by atoms with Crippen molar-refractivity contribution in [1.29, 1.82) is 0 Å². The first-order valence-electron chi connectivity index (χ1n) is 7.43. The molecule has 20 heavy (non-hydrogen) atoms. The quantitative estimate of drug-likeness (QED) is 0.897. The molecule has 1 aliphatic rings. The third kappa shape index (κ3) is 3.84. The van der Waals surface area contributed by atoms with Crippen molar-refractivity contribution in [3.63, 3.8) is 0 Å². The van der Waals surface area contributed by atoms with Crippen molar-refractivity contribution in [2.24, 2.45) is 5.92 Å². The Bertz CT molecular complexity index is 466. The molecular formula is C16H24ClNOS. The van der Waals surface area contributed by atoms with Crippen LogP contribution in [0.2, 0.25) is 5.02 Å². The summed E-state index contributed by atoms with van der Waals surface area (Å²) in [5.41, 5.74) is 1.00. The van der Waals surface area contributed by atoms with E-state index in [0.717, 1.165) is 29.3 Å². The van der Waals surface area contributed by atoms with Crippen molar-refractivity contribution in [1.82, 2.24) is 5.32 Å². The van der Waals surface area contributed by atoms with Crippen molar-refractivity contribution in [2.45, 2.75) is 49.7 Å². The molecule has 2 rings (SSSR count). The van der Waals surface area contributed by atoms with Gasteiger partial charge in [0.2, 0.25) is 0 Å². The van der Waals surface area contributed by atoms with E-state index in [0.29, 0.717) is 11.8 Å². The first kappa shape index (κ1) is 16.0. The Morgan fingerprint density at radius 3 is 2.75 bits per heavy atom. The van der Waals surface area contributed by atoms with E-state index < -0.39 is 10.8 Å². The Kier molecular flexibility index (Phi) is 6.06. The number of benzene rings is 1. The van der Waals surface area contributed by atoms with Gasteiger partial charge in [-0.05, 0) is 43.9 Å². The van der Waals surface area contributed by atoms with Crippen molar-refractivity contribution in [2.75, 3.05) is 7.05 Å². The second kappa shape index (κ2) is 7.58. The lowest BCUT2D eigenvalue weighted by Crippen LogP contribution is -2.45. The van der Waals surface area contributed by atoms with Crippen LogP contribution >= 0.6 is 11.6 Å². The van der Waals surface area contributed by atoms with E-state index in [-0.39, 0.29) is 5.25 Å². The van der Waals surface area contributed by atoms with Gasteiger partial charge in [-0.25, -0.2) is 0 Å². The topological polar surface area (TPSA) is 29.1 Å². The maximum Gasteiger partial charge on any atom is 0.0507 e. The predicted molar refractivity (Wildman–Crippen MR) is 87.6 cm³/mol. The smallest absolute Gasteiger partial charge is 0.0507 e. The highest BCUT2D eigenvalue weighted by Gasteiger charge is 2.32. The highest BCUT2D eigenvalue weighted by molar-refractivity contribution is 7.84. The Morgan fingerprint density at radius 2 is 2.10 bits per heavy atom. The minimum absolute atomic E-state index is 0.245. The summed E-state index contributed by atoms with van der Waals surface area (Å²) in [6, 6.07) is 8.11. The lowest BCUT2D eigenvalue weighted by atomic mass is 9.84. The normalized spacial score (nSPS) is 28.2. The van der Waals surface area contributed by atoms with E-state index in [1.54, 1.807) is 0 Å². The molecule has 4 unspecified atom stereocenters. The minimum Gasteiger partial charge on any atom is -0.316 e. The van der Waals surface area contributed by atoms with Gasteiger partial charge in [0.1, 0.15) is 0 Å². The number of hydrogen-bond donors (Lipinski definition) is 1. The van der Waals surface area contributed by atoms with Gasteiger partial charge in [-0.1, -0.05) is 43.1 Å². The van der Waals surface area contributed by atoms with Crippen LogP contribution in [0.15, 0.2) is 24.3 Å². The summed E-state index contributed by atoms with van der Waals surface area (Å²) in [7, 11) is 1.12. The zero-order chi connectivity index (χ0) is 14.5. The third-order valence-corrected chi connectivity index (χ3v) is 6.60. The second-order valence-electron chi connectivity index (χ2n) is 5.64. The highest BCUT2D eigenvalue weighted by Crippen LogP contribution is 2.31. The molecule has 0 spiro atoms.